The Bertz CT molecular complexity index is 656. The maximum Gasteiger partial charge on any atom is 0.191 e. The number of halogens is 1. The topological polar surface area (TPSA) is 58.9 Å². The number of hydrogen-bond acceptors (Lipinski definition) is 2. The summed E-state index contributed by atoms with van der Waals surface area (Å²) in [5, 5.41) is 0. The van der Waals surface area contributed by atoms with Gasteiger partial charge in [-0.25, -0.2) is 9.98 Å². The van der Waals surface area contributed by atoms with E-state index in [0.29, 0.717) is 12.5 Å². The number of aromatic nitrogens is 2. The molecule has 0 bridgehead atoms. The molecule has 1 saturated heterocycles. The number of fused-ring (bicyclic) bond motifs is 1. The molecule has 0 aromatic carbocycles. The van der Waals surface area contributed by atoms with Gasteiger partial charge in [-0.05, 0) is 43.4 Å². The second-order valence-corrected chi connectivity index (χ2v) is 6.05. The van der Waals surface area contributed by atoms with E-state index >= 15 is 0 Å². The lowest BCUT2D eigenvalue weighted by Crippen LogP contribution is -2.42. The summed E-state index contributed by atoms with van der Waals surface area (Å²) >= 11 is 0. The zero-order chi connectivity index (χ0) is 14.8. The van der Waals surface area contributed by atoms with Crippen molar-refractivity contribution in [2.45, 2.75) is 33.2 Å². The van der Waals surface area contributed by atoms with Gasteiger partial charge in [0.2, 0.25) is 0 Å². The smallest absolute Gasteiger partial charge is 0.191 e. The lowest BCUT2D eigenvalue weighted by atomic mass is 10.00. The van der Waals surface area contributed by atoms with E-state index in [1.807, 2.05) is 16.8 Å². The SMILES string of the molecule is Cc1ccn2cc(CN=C(N)N3CCC(C)CC3)nc2c1.I. The zero-order valence-corrected chi connectivity index (χ0v) is 15.5. The minimum absolute atomic E-state index is 0. The average molecular weight is 413 g/mol. The zero-order valence-electron chi connectivity index (χ0n) is 13.2. The van der Waals surface area contributed by atoms with Crippen LogP contribution in [-0.4, -0.2) is 33.3 Å². The molecule has 1 aliphatic heterocycles. The van der Waals surface area contributed by atoms with Crippen LogP contribution in [-0.2, 0) is 6.54 Å². The van der Waals surface area contributed by atoms with E-state index in [1.165, 1.54) is 18.4 Å². The molecule has 1 aliphatic rings. The first kappa shape index (κ1) is 17.1. The maximum absolute atomic E-state index is 6.10. The van der Waals surface area contributed by atoms with Crippen LogP contribution in [0.15, 0.2) is 29.5 Å². The predicted octanol–water partition coefficient (Wildman–Crippen LogP) is 2.81. The highest BCUT2D eigenvalue weighted by Crippen LogP contribution is 2.15. The standard InChI is InChI=1S/C16H23N5.HI/c1-12-3-6-20(7-4-12)16(17)18-10-14-11-21-8-5-13(2)9-15(21)19-14;/h5,8-9,11-12H,3-4,6-7,10H2,1-2H3,(H2,17,18);1H. The average Bonchev–Trinajstić information content (AvgIpc) is 2.87. The summed E-state index contributed by atoms with van der Waals surface area (Å²) in [6, 6.07) is 4.15. The van der Waals surface area contributed by atoms with Crippen molar-refractivity contribution in [3.63, 3.8) is 0 Å². The molecule has 2 aromatic heterocycles. The van der Waals surface area contributed by atoms with Gasteiger partial charge in [0.05, 0.1) is 12.2 Å². The molecule has 2 aromatic rings. The number of nitrogens with two attached hydrogens (primary N) is 1. The fraction of sp³-hybridized carbons (Fsp3) is 0.500. The Balaban J connectivity index is 0.00000176. The van der Waals surface area contributed by atoms with Crippen molar-refractivity contribution in [1.29, 1.82) is 0 Å². The Labute approximate surface area is 148 Å². The lowest BCUT2D eigenvalue weighted by Gasteiger charge is -2.30. The molecule has 6 heteroatoms. The van der Waals surface area contributed by atoms with Gasteiger partial charge in [-0.3, -0.25) is 0 Å². The molecule has 22 heavy (non-hydrogen) atoms. The predicted molar refractivity (Wildman–Crippen MR) is 101 cm³/mol. The number of nitrogens with zero attached hydrogens (tertiary/aromatic N) is 4. The summed E-state index contributed by atoms with van der Waals surface area (Å²) in [5.74, 6) is 1.45. The molecular formula is C16H24IN5. The third-order valence-electron chi connectivity index (χ3n) is 4.18. The molecule has 0 atom stereocenters. The number of guanidine groups is 1. The van der Waals surface area contributed by atoms with Crippen molar-refractivity contribution >= 4 is 35.6 Å². The van der Waals surface area contributed by atoms with Gasteiger partial charge in [-0.15, -0.1) is 24.0 Å². The lowest BCUT2D eigenvalue weighted by molar-refractivity contribution is 0.277. The minimum Gasteiger partial charge on any atom is -0.370 e. The van der Waals surface area contributed by atoms with Crippen LogP contribution in [0.4, 0.5) is 0 Å². The van der Waals surface area contributed by atoms with Crippen molar-refractivity contribution in [2.75, 3.05) is 13.1 Å². The molecule has 3 rings (SSSR count). The molecule has 5 nitrogen and oxygen atoms in total. The molecule has 0 radical (unpaired) electrons. The van der Waals surface area contributed by atoms with Crippen LogP contribution in [0.1, 0.15) is 31.0 Å². The number of likely N-dealkylation sites (tertiary alicyclic amines) is 1. The van der Waals surface area contributed by atoms with E-state index in [-0.39, 0.29) is 24.0 Å². The van der Waals surface area contributed by atoms with Crippen molar-refractivity contribution in [3.05, 3.63) is 35.8 Å². The molecule has 0 unspecified atom stereocenters. The maximum atomic E-state index is 6.10. The summed E-state index contributed by atoms with van der Waals surface area (Å²) in [5.41, 5.74) is 9.23. The Kier molecular flexibility index (Phi) is 5.66. The van der Waals surface area contributed by atoms with E-state index < -0.39 is 0 Å². The highest BCUT2D eigenvalue weighted by Gasteiger charge is 2.16. The summed E-state index contributed by atoms with van der Waals surface area (Å²) in [6.45, 7) is 6.94. The van der Waals surface area contributed by atoms with Gasteiger partial charge in [-0.2, -0.15) is 0 Å². The van der Waals surface area contributed by atoms with E-state index in [0.717, 1.165) is 30.3 Å². The molecular weight excluding hydrogens is 389 g/mol. The first-order valence-electron chi connectivity index (χ1n) is 7.61. The molecule has 1 fully saturated rings. The Morgan fingerprint density at radius 2 is 2.14 bits per heavy atom. The molecule has 0 amide bonds. The highest BCUT2D eigenvalue weighted by molar-refractivity contribution is 14.0. The summed E-state index contributed by atoms with van der Waals surface area (Å²) in [4.78, 5) is 11.3. The first-order valence-corrected chi connectivity index (χ1v) is 7.61. The van der Waals surface area contributed by atoms with E-state index in [2.05, 4.69) is 40.9 Å². The second kappa shape index (κ2) is 7.30. The van der Waals surface area contributed by atoms with Crippen LogP contribution in [0.5, 0.6) is 0 Å². The van der Waals surface area contributed by atoms with Crippen LogP contribution < -0.4 is 5.73 Å². The van der Waals surface area contributed by atoms with Crippen molar-refractivity contribution in [3.8, 4) is 0 Å². The summed E-state index contributed by atoms with van der Waals surface area (Å²) in [6.07, 6.45) is 6.44. The second-order valence-electron chi connectivity index (χ2n) is 6.05. The fourth-order valence-corrected chi connectivity index (χ4v) is 2.71. The summed E-state index contributed by atoms with van der Waals surface area (Å²) in [7, 11) is 0. The van der Waals surface area contributed by atoms with E-state index in [9.17, 15) is 0 Å². The van der Waals surface area contributed by atoms with Gasteiger partial charge in [0.25, 0.3) is 0 Å². The van der Waals surface area contributed by atoms with E-state index in [4.69, 9.17) is 5.73 Å². The number of rotatable bonds is 2. The normalized spacial score (nSPS) is 16.8. The fourth-order valence-electron chi connectivity index (χ4n) is 2.71. The molecule has 3 heterocycles. The number of imidazole rings is 1. The number of hydrogen-bond donors (Lipinski definition) is 1. The van der Waals surface area contributed by atoms with Gasteiger partial charge >= 0.3 is 0 Å². The van der Waals surface area contributed by atoms with Crippen LogP contribution in [0, 0.1) is 12.8 Å². The molecule has 0 spiro atoms. The summed E-state index contributed by atoms with van der Waals surface area (Å²) < 4.78 is 2.02. The molecule has 0 saturated carbocycles. The van der Waals surface area contributed by atoms with Gasteiger partial charge in [-0.1, -0.05) is 6.92 Å². The van der Waals surface area contributed by atoms with Crippen molar-refractivity contribution < 1.29 is 0 Å². The highest BCUT2D eigenvalue weighted by atomic mass is 127. The van der Waals surface area contributed by atoms with Crippen LogP contribution >= 0.6 is 24.0 Å². The third-order valence-corrected chi connectivity index (χ3v) is 4.18. The Morgan fingerprint density at radius 3 is 2.86 bits per heavy atom. The molecule has 120 valence electrons. The minimum atomic E-state index is 0. The van der Waals surface area contributed by atoms with Crippen molar-refractivity contribution in [1.82, 2.24) is 14.3 Å². The first-order chi connectivity index (χ1) is 10.1. The number of aliphatic imine (C=N–C) groups is 1. The van der Waals surface area contributed by atoms with Gasteiger partial charge in [0.1, 0.15) is 5.65 Å². The number of pyridine rings is 1. The van der Waals surface area contributed by atoms with E-state index in [1.54, 1.807) is 0 Å². The van der Waals surface area contributed by atoms with Crippen LogP contribution in [0.25, 0.3) is 5.65 Å². The number of piperidine rings is 1. The Morgan fingerprint density at radius 1 is 1.41 bits per heavy atom. The van der Waals surface area contributed by atoms with Gasteiger partial charge < -0.3 is 15.0 Å². The van der Waals surface area contributed by atoms with Gasteiger partial charge in [0, 0.05) is 25.5 Å². The quantitative estimate of drug-likeness (QED) is 0.468. The third kappa shape index (κ3) is 3.91. The van der Waals surface area contributed by atoms with Crippen molar-refractivity contribution in [2.24, 2.45) is 16.6 Å². The largest absolute Gasteiger partial charge is 0.370 e. The van der Waals surface area contributed by atoms with Crippen LogP contribution in [0.2, 0.25) is 0 Å². The molecule has 0 aliphatic carbocycles. The van der Waals surface area contributed by atoms with Crippen LogP contribution in [0.3, 0.4) is 0 Å². The van der Waals surface area contributed by atoms with Gasteiger partial charge in [0.15, 0.2) is 5.96 Å². The molecule has 2 N–H and O–H groups in total. The number of aryl methyl sites for hydroxylation is 1. The Hall–Kier alpha value is -1.31. The monoisotopic (exact) mass is 413 g/mol.